The first kappa shape index (κ1) is 16.3. The van der Waals surface area contributed by atoms with Gasteiger partial charge in [0, 0.05) is 4.47 Å². The monoisotopic (exact) mass is 385 g/mol. The van der Waals surface area contributed by atoms with Gasteiger partial charge in [0.05, 0.1) is 11.3 Å². The fraction of sp³-hybridized carbons (Fsp3) is 0. The minimum Gasteiger partial charge on any atom is -0.507 e. The molecule has 0 bridgehead atoms. The summed E-state index contributed by atoms with van der Waals surface area (Å²) in [5.74, 6) is -0.845. The van der Waals surface area contributed by atoms with Gasteiger partial charge >= 0.3 is 0 Å². The largest absolute Gasteiger partial charge is 0.507 e. The Morgan fingerprint density at radius 1 is 1.18 bits per heavy atom. The zero-order valence-corrected chi connectivity index (χ0v) is 13.5. The molecule has 0 atom stereocenters. The predicted molar refractivity (Wildman–Crippen MR) is 84.7 cm³/mol. The Hall–Kier alpha value is -2.10. The van der Waals surface area contributed by atoms with Crippen molar-refractivity contribution in [3.63, 3.8) is 0 Å². The lowest BCUT2D eigenvalue weighted by atomic mass is 10.2. The molecule has 0 saturated carbocycles. The van der Waals surface area contributed by atoms with Gasteiger partial charge in [-0.1, -0.05) is 28.1 Å². The predicted octanol–water partition coefficient (Wildman–Crippen LogP) is 1.56. The lowest BCUT2D eigenvalue weighted by molar-refractivity contribution is 0.0960. The molecule has 0 aliphatic heterocycles. The average Bonchev–Trinajstić information content (AvgIpc) is 2.44. The Morgan fingerprint density at radius 2 is 1.86 bits per heavy atom. The van der Waals surface area contributed by atoms with Crippen LogP contribution in [-0.2, 0) is 10.0 Å². The molecule has 9 heteroatoms. The van der Waals surface area contributed by atoms with E-state index < -0.39 is 15.9 Å². The highest BCUT2D eigenvalue weighted by molar-refractivity contribution is 9.10. The van der Waals surface area contributed by atoms with E-state index in [1.165, 1.54) is 30.3 Å². The number of anilines is 1. The van der Waals surface area contributed by atoms with Crippen molar-refractivity contribution in [3.8, 4) is 5.75 Å². The van der Waals surface area contributed by atoms with Crippen LogP contribution in [0.2, 0.25) is 0 Å². The number of carbonyl (C=O) groups excluding carboxylic acids is 1. The van der Waals surface area contributed by atoms with Crippen molar-refractivity contribution >= 4 is 37.5 Å². The molecule has 0 aliphatic carbocycles. The SMILES string of the molecule is NS(=O)(=O)c1ccccc1NNC(=O)c1ccc(Br)cc1O. The van der Waals surface area contributed by atoms with Gasteiger partial charge in [-0.3, -0.25) is 15.6 Å². The van der Waals surface area contributed by atoms with Crippen LogP contribution in [-0.4, -0.2) is 19.4 Å². The smallest absolute Gasteiger partial charge is 0.273 e. The Bertz CT molecular complexity index is 824. The molecular weight excluding hydrogens is 374 g/mol. The summed E-state index contributed by atoms with van der Waals surface area (Å²) in [4.78, 5) is 11.8. The Labute approximate surface area is 135 Å². The number of amides is 1. The van der Waals surface area contributed by atoms with Gasteiger partial charge in [-0.2, -0.15) is 0 Å². The first-order valence-corrected chi connectivity index (χ1v) is 8.29. The third-order valence-corrected chi connectivity index (χ3v) is 4.17. The maximum absolute atomic E-state index is 12.0. The minimum absolute atomic E-state index is 0.0313. The normalized spacial score (nSPS) is 11.0. The summed E-state index contributed by atoms with van der Waals surface area (Å²) in [5.41, 5.74) is 4.93. The number of halogens is 1. The van der Waals surface area contributed by atoms with Gasteiger partial charge in [0.1, 0.15) is 10.6 Å². The molecule has 2 rings (SSSR count). The third kappa shape index (κ3) is 3.75. The van der Waals surface area contributed by atoms with E-state index in [0.29, 0.717) is 4.47 Å². The first-order chi connectivity index (χ1) is 10.3. The number of nitrogens with two attached hydrogens (primary N) is 1. The van der Waals surface area contributed by atoms with Crippen LogP contribution in [0.1, 0.15) is 10.4 Å². The van der Waals surface area contributed by atoms with Gasteiger partial charge < -0.3 is 5.11 Å². The van der Waals surface area contributed by atoms with Gasteiger partial charge in [-0.05, 0) is 30.3 Å². The molecule has 2 aromatic carbocycles. The first-order valence-electron chi connectivity index (χ1n) is 5.96. The number of primary sulfonamides is 1. The number of sulfonamides is 1. The fourth-order valence-corrected chi connectivity index (χ4v) is 2.75. The molecule has 0 heterocycles. The number of hydrogen-bond donors (Lipinski definition) is 4. The van der Waals surface area contributed by atoms with Gasteiger partial charge in [0.2, 0.25) is 10.0 Å². The van der Waals surface area contributed by atoms with Crippen molar-refractivity contribution in [2.45, 2.75) is 4.90 Å². The van der Waals surface area contributed by atoms with Crippen LogP contribution >= 0.6 is 15.9 Å². The summed E-state index contributed by atoms with van der Waals surface area (Å²) in [7, 11) is -3.93. The summed E-state index contributed by atoms with van der Waals surface area (Å²) in [6, 6.07) is 10.2. The maximum Gasteiger partial charge on any atom is 0.273 e. The molecule has 22 heavy (non-hydrogen) atoms. The van der Waals surface area contributed by atoms with Crippen molar-refractivity contribution in [1.29, 1.82) is 0 Å². The number of nitrogens with one attached hydrogen (secondary N) is 2. The van der Waals surface area contributed by atoms with E-state index >= 15 is 0 Å². The second-order valence-corrected chi connectivity index (χ2v) is 6.73. The van der Waals surface area contributed by atoms with E-state index in [1.54, 1.807) is 12.1 Å². The number of aromatic hydroxyl groups is 1. The molecule has 0 aromatic heterocycles. The molecule has 0 aliphatic rings. The molecule has 7 nitrogen and oxygen atoms in total. The minimum atomic E-state index is -3.93. The van der Waals surface area contributed by atoms with Gasteiger partial charge in [-0.15, -0.1) is 0 Å². The van der Waals surface area contributed by atoms with Crippen molar-refractivity contribution in [2.24, 2.45) is 5.14 Å². The number of hydrogen-bond acceptors (Lipinski definition) is 5. The molecule has 116 valence electrons. The van der Waals surface area contributed by atoms with Crippen LogP contribution in [0.15, 0.2) is 51.8 Å². The van der Waals surface area contributed by atoms with Crippen LogP contribution in [0, 0.1) is 0 Å². The average molecular weight is 386 g/mol. The number of carbonyl (C=O) groups is 1. The molecule has 0 fully saturated rings. The van der Waals surface area contributed by atoms with E-state index in [9.17, 15) is 18.3 Å². The maximum atomic E-state index is 12.0. The topological polar surface area (TPSA) is 122 Å². The number of hydrazine groups is 1. The summed E-state index contributed by atoms with van der Waals surface area (Å²) < 4.78 is 23.5. The molecule has 5 N–H and O–H groups in total. The van der Waals surface area contributed by atoms with Crippen molar-refractivity contribution in [1.82, 2.24) is 5.43 Å². The molecule has 2 aromatic rings. The highest BCUT2D eigenvalue weighted by Crippen LogP contribution is 2.22. The molecule has 0 unspecified atom stereocenters. The molecule has 0 saturated heterocycles. The summed E-state index contributed by atoms with van der Waals surface area (Å²) in [5, 5.41) is 14.8. The number of rotatable bonds is 4. The number of benzene rings is 2. The summed E-state index contributed by atoms with van der Waals surface area (Å²) in [6.45, 7) is 0. The fourth-order valence-electron chi connectivity index (χ4n) is 1.71. The van der Waals surface area contributed by atoms with Crippen LogP contribution < -0.4 is 16.0 Å². The second kappa shape index (κ2) is 6.34. The van der Waals surface area contributed by atoms with Gasteiger partial charge in [-0.25, -0.2) is 13.6 Å². The lowest BCUT2D eigenvalue weighted by Gasteiger charge is -2.12. The molecule has 0 spiro atoms. The van der Waals surface area contributed by atoms with Gasteiger partial charge in [0.15, 0.2) is 0 Å². The Morgan fingerprint density at radius 3 is 2.50 bits per heavy atom. The van der Waals surface area contributed by atoms with Crippen molar-refractivity contribution < 1.29 is 18.3 Å². The highest BCUT2D eigenvalue weighted by atomic mass is 79.9. The quantitative estimate of drug-likeness (QED) is 0.594. The number of phenolic OH excluding ortho intramolecular Hbond substituents is 1. The van der Waals surface area contributed by atoms with Gasteiger partial charge in [0.25, 0.3) is 5.91 Å². The van der Waals surface area contributed by atoms with Crippen LogP contribution in [0.4, 0.5) is 5.69 Å². The standard InChI is InChI=1S/C13H12BrN3O4S/c14-8-5-6-9(11(18)7-8)13(19)17-16-10-3-1-2-4-12(10)22(15,20)21/h1-7,16,18H,(H,17,19)(H2,15,20,21). The number of phenols is 1. The van der Waals surface area contributed by atoms with Crippen LogP contribution in [0.5, 0.6) is 5.75 Å². The van der Waals surface area contributed by atoms with E-state index in [1.807, 2.05) is 0 Å². The molecule has 1 amide bonds. The lowest BCUT2D eigenvalue weighted by Crippen LogP contribution is -2.30. The Kier molecular flexibility index (Phi) is 4.69. The van der Waals surface area contributed by atoms with E-state index in [-0.39, 0.29) is 21.9 Å². The summed E-state index contributed by atoms with van der Waals surface area (Å²) in [6.07, 6.45) is 0. The van der Waals surface area contributed by atoms with E-state index in [0.717, 1.165) is 0 Å². The van der Waals surface area contributed by atoms with E-state index in [2.05, 4.69) is 26.8 Å². The van der Waals surface area contributed by atoms with Crippen LogP contribution in [0.3, 0.4) is 0 Å². The summed E-state index contributed by atoms with van der Waals surface area (Å²) >= 11 is 3.16. The zero-order valence-electron chi connectivity index (χ0n) is 11.1. The Balaban J connectivity index is 2.19. The number of para-hydroxylation sites is 1. The van der Waals surface area contributed by atoms with Crippen LogP contribution in [0.25, 0.3) is 0 Å². The zero-order chi connectivity index (χ0) is 16.3. The third-order valence-electron chi connectivity index (χ3n) is 2.71. The van der Waals surface area contributed by atoms with Crippen molar-refractivity contribution in [2.75, 3.05) is 5.43 Å². The molecule has 0 radical (unpaired) electrons. The second-order valence-electron chi connectivity index (χ2n) is 4.28. The molecular formula is C13H12BrN3O4S. The van der Waals surface area contributed by atoms with Crippen molar-refractivity contribution in [3.05, 3.63) is 52.5 Å². The van der Waals surface area contributed by atoms with E-state index in [4.69, 9.17) is 5.14 Å². The highest BCUT2D eigenvalue weighted by Gasteiger charge is 2.15.